The number of aliphatic imine (C=N–C) groups is 1. The molecule has 0 aliphatic heterocycles. The molecule has 0 fully saturated rings. The van der Waals surface area contributed by atoms with Crippen LogP contribution in [-0.2, 0) is 37.3 Å². The van der Waals surface area contributed by atoms with Crippen LogP contribution in [0, 0.1) is 0 Å². The summed E-state index contributed by atoms with van der Waals surface area (Å²) in [4.78, 5) is 28.5. The van der Waals surface area contributed by atoms with Crippen LogP contribution in [0.25, 0.3) is 10.9 Å². The number of carbonyl (C=O) groups is 2. The number of hydrogen-bond acceptors (Lipinski definition) is 7. The molecular weight excluding hydrogens is 486 g/mol. The molecule has 3 aromatic rings. The predicted molar refractivity (Wildman–Crippen MR) is 137 cm³/mol. The molecule has 0 N–H and O–H groups in total. The lowest BCUT2D eigenvalue weighted by atomic mass is 10.1. The monoisotopic (exact) mass is 515 g/mol. The van der Waals surface area contributed by atoms with E-state index in [0.29, 0.717) is 16.9 Å². The Morgan fingerprint density at radius 1 is 1.03 bits per heavy atom. The number of ether oxygens (including phenoxy) is 2. The Hall–Kier alpha value is -3.31. The van der Waals surface area contributed by atoms with Crippen molar-refractivity contribution in [3.05, 3.63) is 65.9 Å². The van der Waals surface area contributed by atoms with E-state index in [1.165, 1.54) is 7.11 Å². The molecule has 35 heavy (non-hydrogen) atoms. The van der Waals surface area contributed by atoms with Gasteiger partial charge in [-0.05, 0) is 17.7 Å². The maximum absolute atomic E-state index is 13.1. The van der Waals surface area contributed by atoms with Crippen LogP contribution in [0.15, 0.2) is 59.6 Å². The summed E-state index contributed by atoms with van der Waals surface area (Å²) in [6, 6.07) is 16.5. The van der Waals surface area contributed by atoms with Gasteiger partial charge in [-0.1, -0.05) is 68.2 Å². The molecule has 0 saturated carbocycles. The van der Waals surface area contributed by atoms with Gasteiger partial charge in [0.25, 0.3) is 10.0 Å². The minimum Gasteiger partial charge on any atom is -0.465 e. The lowest BCUT2D eigenvalue weighted by Gasteiger charge is -2.15. The predicted octanol–water partition coefficient (Wildman–Crippen LogP) is 4.05. The van der Waals surface area contributed by atoms with E-state index in [0.717, 1.165) is 9.65 Å². The smallest absolute Gasteiger partial charge is 0.434 e. The van der Waals surface area contributed by atoms with Gasteiger partial charge in [0.15, 0.2) is 0 Å². The number of benzene rings is 2. The third-order valence-corrected chi connectivity index (χ3v) is 8.83. The minimum atomic E-state index is -3.73. The van der Waals surface area contributed by atoms with E-state index in [1.54, 1.807) is 36.4 Å². The van der Waals surface area contributed by atoms with Crippen molar-refractivity contribution in [3.8, 4) is 0 Å². The van der Waals surface area contributed by atoms with Crippen LogP contribution in [0.1, 0.15) is 11.3 Å². The average molecular weight is 516 g/mol. The Balaban J connectivity index is 1.90. The van der Waals surface area contributed by atoms with Gasteiger partial charge >= 0.3 is 12.1 Å². The van der Waals surface area contributed by atoms with E-state index in [-0.39, 0.29) is 30.2 Å². The summed E-state index contributed by atoms with van der Waals surface area (Å²) in [5.74, 6) is -0.862. The van der Waals surface area contributed by atoms with Crippen LogP contribution in [0.5, 0.6) is 0 Å². The molecule has 1 heterocycles. The molecule has 1 aromatic heterocycles. The van der Waals surface area contributed by atoms with Crippen LogP contribution in [0.2, 0.25) is 25.7 Å². The number of fused-ring (bicyclic) bond motifs is 1. The SMILES string of the molecule is COC(=O)C(Cc1nn(S(=O)(=O)CC[Si](C)(C)C)c2ccccc12)=NC(=O)OCc1ccccc1. The highest BCUT2D eigenvalue weighted by Crippen LogP contribution is 2.22. The number of rotatable bonds is 9. The van der Waals surface area contributed by atoms with Gasteiger partial charge in [0.1, 0.15) is 12.3 Å². The van der Waals surface area contributed by atoms with Gasteiger partial charge in [-0.25, -0.2) is 18.0 Å². The zero-order chi connectivity index (χ0) is 25.6. The van der Waals surface area contributed by atoms with Crippen molar-refractivity contribution >= 4 is 46.8 Å². The Morgan fingerprint density at radius 2 is 1.69 bits per heavy atom. The number of carbonyl (C=O) groups excluding carboxylic acids is 2. The van der Waals surface area contributed by atoms with Crippen LogP contribution in [0.4, 0.5) is 4.79 Å². The first-order chi connectivity index (χ1) is 16.5. The summed E-state index contributed by atoms with van der Waals surface area (Å²) in [6.07, 6.45) is -1.16. The number of aromatic nitrogens is 2. The summed E-state index contributed by atoms with van der Waals surface area (Å²) in [6.45, 7) is 6.30. The summed E-state index contributed by atoms with van der Waals surface area (Å²) >= 11 is 0. The van der Waals surface area contributed by atoms with Crippen molar-refractivity contribution in [3.63, 3.8) is 0 Å². The normalized spacial score (nSPS) is 12.5. The summed E-state index contributed by atoms with van der Waals surface area (Å²) in [7, 11) is -4.17. The van der Waals surface area contributed by atoms with Gasteiger partial charge in [-0.2, -0.15) is 14.2 Å². The van der Waals surface area contributed by atoms with Gasteiger partial charge in [0.05, 0.1) is 24.1 Å². The molecule has 0 atom stereocenters. The van der Waals surface area contributed by atoms with Crippen LogP contribution >= 0.6 is 0 Å². The first-order valence-electron chi connectivity index (χ1n) is 11.1. The minimum absolute atomic E-state index is 0.00941. The highest BCUT2D eigenvalue weighted by Gasteiger charge is 2.26. The molecule has 3 rings (SSSR count). The van der Waals surface area contributed by atoms with Gasteiger partial charge in [-0.15, -0.1) is 0 Å². The molecule has 0 unspecified atom stereocenters. The molecule has 0 bridgehead atoms. The Morgan fingerprint density at radius 3 is 2.34 bits per heavy atom. The van der Waals surface area contributed by atoms with E-state index < -0.39 is 30.2 Å². The Labute approximate surface area is 205 Å². The second kappa shape index (κ2) is 11.0. The first-order valence-corrected chi connectivity index (χ1v) is 16.4. The fourth-order valence-corrected chi connectivity index (χ4v) is 7.60. The lowest BCUT2D eigenvalue weighted by Crippen LogP contribution is -2.27. The van der Waals surface area contributed by atoms with Crippen molar-refractivity contribution < 1.29 is 27.5 Å². The maximum atomic E-state index is 13.1. The third-order valence-electron chi connectivity index (χ3n) is 5.19. The number of methoxy groups -OCH3 is 1. The van der Waals surface area contributed by atoms with Gasteiger partial charge in [0, 0.05) is 19.9 Å². The standard InChI is InChI=1S/C24H29N3O6SSi/c1-32-23(28)21(25-24(29)33-17-18-10-6-5-7-11-18)16-20-19-12-8-9-13-22(19)27(26-20)34(30,31)14-15-35(2,3)4/h5-13H,14-17H2,1-4H3. The molecular formula is C24H29N3O6SSi. The number of hydrogen-bond donors (Lipinski definition) is 0. The van der Waals surface area contributed by atoms with E-state index in [1.807, 2.05) is 18.2 Å². The Kier molecular flexibility index (Phi) is 8.23. The van der Waals surface area contributed by atoms with Gasteiger partial charge in [0.2, 0.25) is 0 Å². The van der Waals surface area contributed by atoms with Crippen molar-refractivity contribution in [2.75, 3.05) is 12.9 Å². The number of nitrogens with zero attached hydrogens (tertiary/aromatic N) is 3. The van der Waals surface area contributed by atoms with E-state index in [9.17, 15) is 18.0 Å². The number of amides is 1. The largest absolute Gasteiger partial charge is 0.465 e. The fraction of sp³-hybridized carbons (Fsp3) is 0.333. The zero-order valence-corrected chi connectivity index (χ0v) is 22.0. The molecule has 0 aliphatic rings. The summed E-state index contributed by atoms with van der Waals surface area (Å²) in [5.41, 5.74) is 1.22. The van der Waals surface area contributed by atoms with Crippen LogP contribution in [0.3, 0.4) is 0 Å². The highest BCUT2D eigenvalue weighted by molar-refractivity contribution is 7.90. The van der Waals surface area contributed by atoms with Crippen molar-refractivity contribution in [1.82, 2.24) is 9.19 Å². The zero-order valence-electron chi connectivity index (χ0n) is 20.2. The van der Waals surface area contributed by atoms with E-state index in [4.69, 9.17) is 9.47 Å². The number of para-hydroxylation sites is 1. The summed E-state index contributed by atoms with van der Waals surface area (Å²) in [5, 5.41) is 4.86. The van der Waals surface area contributed by atoms with Gasteiger partial charge in [-0.3, -0.25) is 0 Å². The van der Waals surface area contributed by atoms with Crippen molar-refractivity contribution in [2.24, 2.45) is 4.99 Å². The van der Waals surface area contributed by atoms with Crippen LogP contribution in [-0.4, -0.2) is 56.3 Å². The van der Waals surface area contributed by atoms with Gasteiger partial charge < -0.3 is 9.47 Å². The van der Waals surface area contributed by atoms with Crippen molar-refractivity contribution in [2.45, 2.75) is 38.7 Å². The van der Waals surface area contributed by atoms with Crippen molar-refractivity contribution in [1.29, 1.82) is 0 Å². The maximum Gasteiger partial charge on any atom is 0.434 e. The van der Waals surface area contributed by atoms with Crippen LogP contribution < -0.4 is 0 Å². The molecule has 1 amide bonds. The van der Waals surface area contributed by atoms with E-state index >= 15 is 0 Å². The highest BCUT2D eigenvalue weighted by atomic mass is 32.2. The Bertz CT molecular complexity index is 1340. The second-order valence-electron chi connectivity index (χ2n) is 9.20. The molecule has 11 heteroatoms. The molecule has 2 aromatic carbocycles. The quantitative estimate of drug-likeness (QED) is 0.240. The molecule has 0 radical (unpaired) electrons. The fourth-order valence-electron chi connectivity index (χ4n) is 3.26. The molecule has 9 nitrogen and oxygen atoms in total. The van der Waals surface area contributed by atoms with E-state index in [2.05, 4.69) is 29.7 Å². The third kappa shape index (κ3) is 7.09. The average Bonchev–Trinajstić information content (AvgIpc) is 3.20. The molecule has 0 saturated heterocycles. The molecule has 0 spiro atoms. The molecule has 186 valence electrons. The second-order valence-corrected chi connectivity index (χ2v) is 16.7. The molecule has 0 aliphatic carbocycles. The lowest BCUT2D eigenvalue weighted by molar-refractivity contribution is -0.132. The topological polar surface area (TPSA) is 117 Å². The number of esters is 1. The summed E-state index contributed by atoms with van der Waals surface area (Å²) < 4.78 is 37.2. The first kappa shape index (κ1) is 26.3.